The quantitative estimate of drug-likeness (QED) is 0.471. The van der Waals surface area contributed by atoms with Crippen molar-refractivity contribution in [2.45, 2.75) is 51.6 Å². The second kappa shape index (κ2) is 10.9. The molecule has 1 heterocycles. The molecule has 2 N–H and O–H groups in total. The molecule has 182 valence electrons. The van der Waals surface area contributed by atoms with Crippen molar-refractivity contribution in [3.05, 3.63) is 101 Å². The topological polar surface area (TPSA) is 72.6 Å². The molecule has 0 saturated carbocycles. The normalized spacial score (nSPS) is 18.5. The number of carbonyl (C=O) groups is 2. The van der Waals surface area contributed by atoms with Gasteiger partial charge in [-0.25, -0.2) is 0 Å². The molecule has 1 aliphatic heterocycles. The Labute approximate surface area is 207 Å². The monoisotopic (exact) mass is 470 g/mol. The van der Waals surface area contributed by atoms with Crippen LogP contribution in [0.1, 0.15) is 42.0 Å². The second-order valence-corrected chi connectivity index (χ2v) is 9.37. The first-order chi connectivity index (χ1) is 16.9. The average molecular weight is 471 g/mol. The highest BCUT2D eigenvalue weighted by Crippen LogP contribution is 2.37. The Balaban J connectivity index is 1.71. The van der Waals surface area contributed by atoms with Crippen molar-refractivity contribution in [1.82, 2.24) is 0 Å². The third-order valence-electron chi connectivity index (χ3n) is 6.95. The Morgan fingerprint density at radius 2 is 1.69 bits per heavy atom. The van der Waals surface area contributed by atoms with Crippen LogP contribution in [0.3, 0.4) is 0 Å². The van der Waals surface area contributed by atoms with Gasteiger partial charge in [0.05, 0.1) is 19.1 Å². The third-order valence-corrected chi connectivity index (χ3v) is 6.95. The van der Waals surface area contributed by atoms with Gasteiger partial charge in [0.2, 0.25) is 5.91 Å². The number of aryl methyl sites for hydroxylation is 3. The molecule has 0 aliphatic carbocycles. The van der Waals surface area contributed by atoms with Gasteiger partial charge in [0.15, 0.2) is 0 Å². The van der Waals surface area contributed by atoms with E-state index in [9.17, 15) is 9.59 Å². The fourth-order valence-electron chi connectivity index (χ4n) is 4.94. The Morgan fingerprint density at radius 1 is 1.00 bits per heavy atom. The highest BCUT2D eigenvalue weighted by molar-refractivity contribution is 6.04. The lowest BCUT2D eigenvalue weighted by atomic mass is 9.76. The smallest absolute Gasteiger partial charge is 0.311 e. The number of nitrogens with zero attached hydrogens (tertiary/aromatic N) is 1. The van der Waals surface area contributed by atoms with Gasteiger partial charge in [-0.05, 0) is 62.3 Å². The van der Waals surface area contributed by atoms with E-state index in [0.29, 0.717) is 32.2 Å². The number of benzene rings is 3. The highest BCUT2D eigenvalue weighted by Gasteiger charge is 2.50. The van der Waals surface area contributed by atoms with Gasteiger partial charge in [-0.3, -0.25) is 9.59 Å². The number of hydrogen-bond acceptors (Lipinski definition) is 4. The maximum Gasteiger partial charge on any atom is 0.311 e. The van der Waals surface area contributed by atoms with Gasteiger partial charge in [0.25, 0.3) is 0 Å². The number of esters is 1. The van der Waals surface area contributed by atoms with Gasteiger partial charge in [-0.15, -0.1) is 0 Å². The number of ether oxygens (including phenoxy) is 1. The number of rotatable bonds is 8. The summed E-state index contributed by atoms with van der Waals surface area (Å²) in [4.78, 5) is 29.3. The molecule has 1 amide bonds. The molecule has 2 atom stereocenters. The van der Waals surface area contributed by atoms with E-state index in [4.69, 9.17) is 10.5 Å². The Bertz CT molecular complexity index is 1160. The number of carbonyl (C=O) groups excluding carboxylic acids is 2. The number of nitrogens with two attached hydrogens (primary N) is 1. The number of amides is 1. The lowest BCUT2D eigenvalue weighted by Crippen LogP contribution is -2.61. The third kappa shape index (κ3) is 5.46. The van der Waals surface area contributed by atoms with Crippen LogP contribution >= 0.6 is 0 Å². The maximum absolute atomic E-state index is 14.3. The van der Waals surface area contributed by atoms with Crippen LogP contribution in [0.4, 0.5) is 5.69 Å². The number of fused-ring (bicyclic) bond motifs is 1. The van der Waals surface area contributed by atoms with E-state index < -0.39 is 17.4 Å². The van der Waals surface area contributed by atoms with Crippen molar-refractivity contribution >= 4 is 17.6 Å². The first-order valence-electron chi connectivity index (χ1n) is 12.4. The maximum atomic E-state index is 14.3. The molecular formula is C30H34N2O3. The summed E-state index contributed by atoms with van der Waals surface area (Å²) in [5.74, 6) is -1.38. The van der Waals surface area contributed by atoms with Gasteiger partial charge in [0, 0.05) is 5.69 Å². The van der Waals surface area contributed by atoms with Crippen molar-refractivity contribution in [3.63, 3.8) is 0 Å². The minimum atomic E-state index is -1.37. The SMILES string of the molecule is CCOC(=O)[C@@H](CCc1ccccc1)[C@@]1(N)CCc2ccccc2N(Cc2ccc(C)cc2)C1=O. The Hall–Kier alpha value is -3.44. The molecule has 5 heteroatoms. The van der Waals surface area contributed by atoms with Gasteiger partial charge < -0.3 is 15.4 Å². The van der Waals surface area contributed by atoms with Crippen LogP contribution in [-0.4, -0.2) is 24.0 Å². The molecule has 0 fully saturated rings. The van der Waals surface area contributed by atoms with Crippen molar-refractivity contribution in [2.75, 3.05) is 11.5 Å². The molecule has 0 spiro atoms. The van der Waals surface area contributed by atoms with Crippen LogP contribution < -0.4 is 10.6 Å². The van der Waals surface area contributed by atoms with Crippen molar-refractivity contribution in [2.24, 2.45) is 11.7 Å². The minimum Gasteiger partial charge on any atom is -0.466 e. The predicted molar refractivity (Wildman–Crippen MR) is 139 cm³/mol. The zero-order valence-electron chi connectivity index (χ0n) is 20.6. The molecule has 3 aromatic rings. The highest BCUT2D eigenvalue weighted by atomic mass is 16.5. The van der Waals surface area contributed by atoms with E-state index in [0.717, 1.165) is 27.9 Å². The lowest BCUT2D eigenvalue weighted by Gasteiger charge is -2.37. The summed E-state index contributed by atoms with van der Waals surface area (Å²) in [7, 11) is 0. The molecule has 0 saturated heterocycles. The number of anilines is 1. The largest absolute Gasteiger partial charge is 0.466 e. The van der Waals surface area contributed by atoms with E-state index >= 15 is 0 Å². The molecule has 35 heavy (non-hydrogen) atoms. The average Bonchev–Trinajstić information content (AvgIpc) is 2.97. The molecule has 3 aromatic carbocycles. The van der Waals surface area contributed by atoms with Gasteiger partial charge in [0.1, 0.15) is 5.54 Å². The Kier molecular flexibility index (Phi) is 7.67. The zero-order valence-corrected chi connectivity index (χ0v) is 20.6. The van der Waals surface area contributed by atoms with Crippen molar-refractivity contribution < 1.29 is 14.3 Å². The first kappa shape index (κ1) is 24.7. The summed E-state index contributed by atoms with van der Waals surface area (Å²) >= 11 is 0. The van der Waals surface area contributed by atoms with Crippen LogP contribution in [0, 0.1) is 12.8 Å². The zero-order chi connectivity index (χ0) is 24.8. The summed E-state index contributed by atoms with van der Waals surface area (Å²) in [6.45, 7) is 4.46. The standard InChI is InChI=1S/C30H34N2O3/c1-3-35-28(33)26(18-17-23-9-5-4-6-10-23)30(31)20-19-25-11-7-8-12-27(25)32(29(30)34)21-24-15-13-22(2)14-16-24/h4-16,26H,3,17-21,31H2,1-2H3/t26-,30+/m1/s1. The van der Waals surface area contributed by atoms with E-state index in [1.807, 2.05) is 85.8 Å². The summed E-state index contributed by atoms with van der Waals surface area (Å²) in [6.07, 6.45) is 2.08. The summed E-state index contributed by atoms with van der Waals surface area (Å²) < 4.78 is 5.45. The van der Waals surface area contributed by atoms with Crippen LogP contribution in [-0.2, 0) is 33.7 Å². The second-order valence-electron chi connectivity index (χ2n) is 9.37. The van der Waals surface area contributed by atoms with E-state index in [1.165, 1.54) is 0 Å². The molecule has 1 aliphatic rings. The van der Waals surface area contributed by atoms with Crippen LogP contribution in [0.5, 0.6) is 0 Å². The van der Waals surface area contributed by atoms with Gasteiger partial charge in [-0.2, -0.15) is 0 Å². The van der Waals surface area contributed by atoms with Gasteiger partial charge >= 0.3 is 5.97 Å². The van der Waals surface area contributed by atoms with E-state index in [1.54, 1.807) is 11.8 Å². The van der Waals surface area contributed by atoms with E-state index in [2.05, 4.69) is 0 Å². The predicted octanol–water partition coefficient (Wildman–Crippen LogP) is 4.98. The lowest BCUT2D eigenvalue weighted by molar-refractivity contribution is -0.153. The van der Waals surface area contributed by atoms with Crippen LogP contribution in [0.2, 0.25) is 0 Å². The van der Waals surface area contributed by atoms with Crippen LogP contribution in [0.25, 0.3) is 0 Å². The fraction of sp³-hybridized carbons (Fsp3) is 0.333. The molecule has 0 unspecified atom stereocenters. The fourth-order valence-corrected chi connectivity index (χ4v) is 4.94. The van der Waals surface area contributed by atoms with Crippen molar-refractivity contribution in [1.29, 1.82) is 0 Å². The molecular weight excluding hydrogens is 436 g/mol. The van der Waals surface area contributed by atoms with Gasteiger partial charge in [-0.1, -0.05) is 78.4 Å². The van der Waals surface area contributed by atoms with Crippen LogP contribution in [0.15, 0.2) is 78.9 Å². The number of hydrogen-bond donors (Lipinski definition) is 1. The van der Waals surface area contributed by atoms with E-state index in [-0.39, 0.29) is 12.5 Å². The first-order valence-corrected chi connectivity index (χ1v) is 12.4. The Morgan fingerprint density at radius 3 is 2.40 bits per heavy atom. The molecule has 0 radical (unpaired) electrons. The molecule has 0 aromatic heterocycles. The number of para-hydroxylation sites is 1. The molecule has 0 bridgehead atoms. The minimum absolute atomic E-state index is 0.228. The molecule has 5 nitrogen and oxygen atoms in total. The molecule has 4 rings (SSSR count). The summed E-state index contributed by atoms with van der Waals surface area (Å²) in [5, 5.41) is 0. The van der Waals surface area contributed by atoms with Crippen molar-refractivity contribution in [3.8, 4) is 0 Å². The summed E-state index contributed by atoms with van der Waals surface area (Å²) in [5.41, 5.74) is 10.8. The summed E-state index contributed by atoms with van der Waals surface area (Å²) in [6, 6.07) is 26.1.